The van der Waals surface area contributed by atoms with E-state index in [1.54, 1.807) is 29.6 Å². The highest BCUT2D eigenvalue weighted by Gasteiger charge is 2.38. The topological polar surface area (TPSA) is 77.8 Å². The molecule has 0 aliphatic carbocycles. The van der Waals surface area contributed by atoms with Gasteiger partial charge in [0.25, 0.3) is 5.91 Å². The number of rotatable bonds is 3. The first-order valence-electron chi connectivity index (χ1n) is 10.2. The summed E-state index contributed by atoms with van der Waals surface area (Å²) in [5, 5.41) is 10.6. The molecule has 1 aromatic heterocycles. The zero-order chi connectivity index (χ0) is 21.7. The van der Waals surface area contributed by atoms with E-state index < -0.39 is 5.91 Å². The molecule has 0 radical (unpaired) electrons. The van der Waals surface area contributed by atoms with Gasteiger partial charge in [0.05, 0.1) is 6.54 Å². The normalized spacial score (nSPS) is 18.2. The van der Waals surface area contributed by atoms with Crippen molar-refractivity contribution in [3.63, 3.8) is 0 Å². The number of fused-ring (bicyclic) bond motifs is 6. The summed E-state index contributed by atoms with van der Waals surface area (Å²) in [6, 6.07) is 15.5. The first-order valence-corrected chi connectivity index (χ1v) is 10.6. The maximum Gasteiger partial charge on any atom is 0.274 e. The zero-order valence-corrected chi connectivity index (χ0v) is 17.9. The molecule has 3 aromatic rings. The standard InChI is InChI=1S/C23H22N4O3S/c1-25-20(28)10-16-12-26(23(25)31)13-19-21(16)17-4-2-3-5-18(17)27(19)11-14-6-8-15(9-7-14)22(29)24-30/h2-9,16,30H,10-13H2,1H3,(H,24,29). The van der Waals surface area contributed by atoms with Crippen LogP contribution in [0.25, 0.3) is 10.9 Å². The van der Waals surface area contributed by atoms with Gasteiger partial charge in [0.15, 0.2) is 5.11 Å². The Morgan fingerprint density at radius 2 is 1.94 bits per heavy atom. The minimum absolute atomic E-state index is 0.0555. The van der Waals surface area contributed by atoms with Crippen molar-refractivity contribution >= 4 is 40.0 Å². The SMILES string of the molecule is CN1C(=O)CC2CN(Cc3c2c2ccccc2n3Cc2ccc(C(=O)NO)cc2)C1=S. The second-order valence-electron chi connectivity index (χ2n) is 8.12. The molecule has 1 saturated heterocycles. The van der Waals surface area contributed by atoms with Crippen molar-refractivity contribution in [3.05, 3.63) is 70.9 Å². The monoisotopic (exact) mass is 434 g/mol. The number of carbonyl (C=O) groups is 2. The number of nitrogens with one attached hydrogen (secondary N) is 1. The van der Waals surface area contributed by atoms with Gasteiger partial charge in [-0.1, -0.05) is 30.3 Å². The van der Waals surface area contributed by atoms with Gasteiger partial charge in [-0.15, -0.1) is 0 Å². The molecule has 5 rings (SSSR count). The average molecular weight is 435 g/mol. The fraction of sp³-hybridized carbons (Fsp3) is 0.261. The number of thiocarbonyl (C=S) groups is 1. The van der Waals surface area contributed by atoms with Crippen molar-refractivity contribution in [1.29, 1.82) is 0 Å². The summed E-state index contributed by atoms with van der Waals surface area (Å²) in [6.45, 7) is 2.04. The van der Waals surface area contributed by atoms with Gasteiger partial charge < -0.3 is 9.47 Å². The Morgan fingerprint density at radius 3 is 2.68 bits per heavy atom. The van der Waals surface area contributed by atoms with Gasteiger partial charge in [-0.2, -0.15) is 0 Å². The lowest BCUT2D eigenvalue weighted by Crippen LogP contribution is -2.42. The van der Waals surface area contributed by atoms with E-state index in [-0.39, 0.29) is 11.8 Å². The summed E-state index contributed by atoms with van der Waals surface area (Å²) in [5.41, 5.74) is 6.65. The van der Waals surface area contributed by atoms with Gasteiger partial charge in [-0.25, -0.2) is 5.48 Å². The van der Waals surface area contributed by atoms with Crippen LogP contribution < -0.4 is 5.48 Å². The molecular formula is C23H22N4O3S. The summed E-state index contributed by atoms with van der Waals surface area (Å²) in [4.78, 5) is 28.0. The number of hydrogen-bond acceptors (Lipinski definition) is 4. The van der Waals surface area contributed by atoms with Crippen molar-refractivity contribution in [1.82, 2.24) is 19.8 Å². The predicted molar refractivity (Wildman–Crippen MR) is 120 cm³/mol. The molecule has 0 saturated carbocycles. The number of carbonyl (C=O) groups excluding carboxylic acids is 2. The summed E-state index contributed by atoms with van der Waals surface area (Å²) in [5.74, 6) is -0.379. The van der Waals surface area contributed by atoms with Gasteiger partial charge in [0.1, 0.15) is 0 Å². The Hall–Kier alpha value is -3.23. The first kappa shape index (κ1) is 19.7. The van der Waals surface area contributed by atoms with E-state index in [2.05, 4.69) is 21.6 Å². The minimum Gasteiger partial charge on any atom is -0.342 e. The van der Waals surface area contributed by atoms with Crippen LogP contribution in [0.5, 0.6) is 0 Å². The zero-order valence-electron chi connectivity index (χ0n) is 17.0. The summed E-state index contributed by atoms with van der Waals surface area (Å²) in [6.07, 6.45) is 0.444. The minimum atomic E-state index is -0.533. The number of aromatic nitrogens is 1. The largest absolute Gasteiger partial charge is 0.342 e. The Balaban J connectivity index is 1.60. The number of hydrogen-bond donors (Lipinski definition) is 2. The molecule has 1 atom stereocenters. The third-order valence-electron chi connectivity index (χ3n) is 6.32. The molecule has 3 heterocycles. The van der Waals surface area contributed by atoms with Crippen LogP contribution in [0.2, 0.25) is 0 Å². The van der Waals surface area contributed by atoms with Gasteiger partial charge in [-0.05, 0) is 41.5 Å². The highest BCUT2D eigenvalue weighted by Crippen LogP contribution is 2.40. The molecule has 2 aliphatic rings. The van der Waals surface area contributed by atoms with Crippen molar-refractivity contribution < 1.29 is 14.8 Å². The molecule has 7 nitrogen and oxygen atoms in total. The number of para-hydroxylation sites is 1. The summed E-state index contributed by atoms with van der Waals surface area (Å²) >= 11 is 5.60. The number of amides is 2. The van der Waals surface area contributed by atoms with Crippen LogP contribution in [-0.2, 0) is 17.9 Å². The van der Waals surface area contributed by atoms with Crippen LogP contribution in [0.3, 0.4) is 0 Å². The van der Waals surface area contributed by atoms with E-state index in [4.69, 9.17) is 17.4 Å². The third-order valence-corrected chi connectivity index (χ3v) is 6.85. The Morgan fingerprint density at radius 1 is 1.19 bits per heavy atom. The fourth-order valence-electron chi connectivity index (χ4n) is 4.78. The van der Waals surface area contributed by atoms with Crippen LogP contribution in [-0.4, -0.2) is 50.1 Å². The number of nitrogens with zero attached hydrogens (tertiary/aromatic N) is 3. The van der Waals surface area contributed by atoms with E-state index in [0.717, 1.165) is 17.6 Å². The average Bonchev–Trinajstić information content (AvgIpc) is 3.07. The molecule has 2 N–H and O–H groups in total. The molecule has 0 spiro atoms. The molecule has 2 aromatic carbocycles. The molecule has 2 bridgehead atoms. The highest BCUT2D eigenvalue weighted by atomic mass is 32.1. The maximum absolute atomic E-state index is 12.7. The quantitative estimate of drug-likeness (QED) is 0.377. The molecule has 2 amide bonds. The van der Waals surface area contributed by atoms with Crippen molar-refractivity contribution in [2.24, 2.45) is 0 Å². The van der Waals surface area contributed by atoms with Crippen LogP contribution >= 0.6 is 12.2 Å². The molecule has 31 heavy (non-hydrogen) atoms. The Kier molecular flexibility index (Phi) is 4.75. The highest BCUT2D eigenvalue weighted by molar-refractivity contribution is 7.80. The van der Waals surface area contributed by atoms with Crippen LogP contribution in [0.1, 0.15) is 39.5 Å². The second-order valence-corrected chi connectivity index (χ2v) is 8.48. The Labute approximate surface area is 184 Å². The van der Waals surface area contributed by atoms with E-state index in [1.165, 1.54) is 16.6 Å². The molecular weight excluding hydrogens is 412 g/mol. The molecule has 8 heteroatoms. The van der Waals surface area contributed by atoms with E-state index in [0.29, 0.717) is 30.2 Å². The van der Waals surface area contributed by atoms with Crippen LogP contribution in [0, 0.1) is 0 Å². The maximum atomic E-state index is 12.7. The van der Waals surface area contributed by atoms with Crippen molar-refractivity contribution in [2.75, 3.05) is 13.6 Å². The van der Waals surface area contributed by atoms with Crippen LogP contribution in [0.15, 0.2) is 48.5 Å². The predicted octanol–water partition coefficient (Wildman–Crippen LogP) is 2.85. The van der Waals surface area contributed by atoms with E-state index in [9.17, 15) is 9.59 Å². The first-order chi connectivity index (χ1) is 15.0. The van der Waals surface area contributed by atoms with Gasteiger partial charge in [0, 0.05) is 54.6 Å². The summed E-state index contributed by atoms with van der Waals surface area (Å²) < 4.78 is 2.29. The van der Waals surface area contributed by atoms with Crippen LogP contribution in [0.4, 0.5) is 0 Å². The number of benzene rings is 2. The molecule has 1 fully saturated rings. The Bertz CT molecular complexity index is 1220. The smallest absolute Gasteiger partial charge is 0.274 e. The molecule has 158 valence electrons. The fourth-order valence-corrected chi connectivity index (χ4v) is 5.02. The molecule has 1 unspecified atom stereocenters. The van der Waals surface area contributed by atoms with Gasteiger partial charge >= 0.3 is 0 Å². The third kappa shape index (κ3) is 3.19. The van der Waals surface area contributed by atoms with Crippen molar-refractivity contribution in [3.8, 4) is 0 Å². The van der Waals surface area contributed by atoms with Gasteiger partial charge in [-0.3, -0.25) is 19.7 Å². The van der Waals surface area contributed by atoms with Crippen molar-refractivity contribution in [2.45, 2.75) is 25.4 Å². The number of hydroxylamine groups is 1. The van der Waals surface area contributed by atoms with E-state index >= 15 is 0 Å². The lowest BCUT2D eigenvalue weighted by atomic mass is 9.89. The second kappa shape index (κ2) is 7.47. The molecule has 2 aliphatic heterocycles. The van der Waals surface area contributed by atoms with Gasteiger partial charge in [0.2, 0.25) is 5.91 Å². The lowest BCUT2D eigenvalue weighted by molar-refractivity contribution is -0.126. The van der Waals surface area contributed by atoms with E-state index in [1.807, 2.05) is 24.3 Å². The lowest BCUT2D eigenvalue weighted by Gasteiger charge is -2.33. The summed E-state index contributed by atoms with van der Waals surface area (Å²) in [7, 11) is 1.76.